The minimum atomic E-state index is -0.269. The number of nitrogens with zero attached hydrogens (tertiary/aromatic N) is 2. The molecule has 0 aliphatic carbocycles. The van der Waals surface area contributed by atoms with Gasteiger partial charge in [-0.25, -0.2) is 4.99 Å². The van der Waals surface area contributed by atoms with E-state index in [0.29, 0.717) is 5.84 Å². The van der Waals surface area contributed by atoms with Crippen LogP contribution in [-0.4, -0.2) is 48.8 Å². The zero-order valence-electron chi connectivity index (χ0n) is 14.8. The van der Waals surface area contributed by atoms with Crippen molar-refractivity contribution < 1.29 is 19.1 Å². The van der Waals surface area contributed by atoms with Crippen LogP contribution in [0, 0.1) is 5.92 Å². The topological polar surface area (TPSA) is 88.1 Å². The molecule has 130 valence electrons. The van der Waals surface area contributed by atoms with Crippen molar-refractivity contribution in [3.05, 3.63) is 11.6 Å². The number of aliphatic imine (C=N–C) groups is 1. The Morgan fingerprint density at radius 2 is 1.87 bits per heavy atom. The lowest BCUT2D eigenvalue weighted by atomic mass is 10.1. The summed E-state index contributed by atoms with van der Waals surface area (Å²) in [6.07, 6.45) is 2.34. The standard InChI is InChI=1S/C16H27N3O4/c1-7-12(3)16(22)23-9-11(2)8-15(18-13(4)20)17-10-19(6)14(5)21/h8,12H,7,9-10H2,1-6H3,(H,17,18,20)/b11-8+. The number of carbonyl (C=O) groups is 3. The van der Waals surface area contributed by atoms with Gasteiger partial charge in [-0.2, -0.15) is 0 Å². The maximum absolute atomic E-state index is 11.6. The monoisotopic (exact) mass is 325 g/mol. The van der Waals surface area contributed by atoms with Gasteiger partial charge in [0.15, 0.2) is 0 Å². The van der Waals surface area contributed by atoms with E-state index in [1.54, 1.807) is 20.0 Å². The van der Waals surface area contributed by atoms with Crippen LogP contribution in [0.2, 0.25) is 0 Å². The third-order valence-corrected chi connectivity index (χ3v) is 3.13. The second kappa shape index (κ2) is 10.5. The SMILES string of the molecule is CCC(C)C(=O)OC/C(C)=C/C(=N\CN(C)C(C)=O)NC(C)=O. The predicted molar refractivity (Wildman–Crippen MR) is 88.7 cm³/mol. The van der Waals surface area contributed by atoms with Crippen LogP contribution in [0.15, 0.2) is 16.6 Å². The van der Waals surface area contributed by atoms with Gasteiger partial charge in [0.25, 0.3) is 0 Å². The van der Waals surface area contributed by atoms with Gasteiger partial charge < -0.3 is 15.0 Å². The Kier molecular flexibility index (Phi) is 9.53. The van der Waals surface area contributed by atoms with E-state index in [2.05, 4.69) is 10.3 Å². The number of amides is 2. The van der Waals surface area contributed by atoms with Gasteiger partial charge in [-0.15, -0.1) is 0 Å². The largest absolute Gasteiger partial charge is 0.461 e. The molecule has 2 amide bonds. The molecule has 0 aromatic rings. The average molecular weight is 325 g/mol. The van der Waals surface area contributed by atoms with Crippen LogP contribution in [0.5, 0.6) is 0 Å². The zero-order valence-corrected chi connectivity index (χ0v) is 14.8. The number of amidine groups is 1. The van der Waals surface area contributed by atoms with Gasteiger partial charge in [-0.1, -0.05) is 13.8 Å². The molecule has 0 fully saturated rings. The van der Waals surface area contributed by atoms with Gasteiger partial charge in [0.05, 0.1) is 5.92 Å². The summed E-state index contributed by atoms with van der Waals surface area (Å²) < 4.78 is 5.19. The van der Waals surface area contributed by atoms with E-state index in [4.69, 9.17) is 4.74 Å². The van der Waals surface area contributed by atoms with Crippen LogP contribution < -0.4 is 5.32 Å². The Hall–Kier alpha value is -2.18. The second-order valence-corrected chi connectivity index (χ2v) is 5.49. The molecule has 0 aromatic carbocycles. The highest BCUT2D eigenvalue weighted by Gasteiger charge is 2.12. The van der Waals surface area contributed by atoms with Crippen molar-refractivity contribution in [2.45, 2.75) is 41.0 Å². The minimum absolute atomic E-state index is 0.126. The Labute approximate surface area is 137 Å². The van der Waals surface area contributed by atoms with Crippen molar-refractivity contribution in [3.63, 3.8) is 0 Å². The third-order valence-electron chi connectivity index (χ3n) is 3.13. The van der Waals surface area contributed by atoms with Gasteiger partial charge in [0, 0.05) is 20.9 Å². The first-order valence-corrected chi connectivity index (χ1v) is 7.54. The number of nitrogens with one attached hydrogen (secondary N) is 1. The lowest BCUT2D eigenvalue weighted by Gasteiger charge is -2.13. The molecule has 1 atom stereocenters. The van der Waals surface area contributed by atoms with Gasteiger partial charge in [0.2, 0.25) is 11.8 Å². The average Bonchev–Trinajstić information content (AvgIpc) is 2.48. The molecule has 0 aliphatic heterocycles. The first-order valence-electron chi connectivity index (χ1n) is 7.54. The van der Waals surface area contributed by atoms with Crippen LogP contribution in [0.25, 0.3) is 0 Å². The number of rotatable bonds is 7. The molecule has 0 radical (unpaired) electrons. The van der Waals surface area contributed by atoms with Crippen molar-refractivity contribution in [2.24, 2.45) is 10.9 Å². The summed E-state index contributed by atoms with van der Waals surface area (Å²) in [4.78, 5) is 39.6. The fourth-order valence-corrected chi connectivity index (χ4v) is 1.35. The van der Waals surface area contributed by atoms with E-state index in [1.165, 1.54) is 18.7 Å². The van der Waals surface area contributed by atoms with E-state index >= 15 is 0 Å². The maximum Gasteiger partial charge on any atom is 0.308 e. The number of hydrogen-bond acceptors (Lipinski definition) is 5. The fourth-order valence-electron chi connectivity index (χ4n) is 1.35. The second-order valence-electron chi connectivity index (χ2n) is 5.49. The summed E-state index contributed by atoms with van der Waals surface area (Å²) in [5, 5.41) is 2.58. The quantitative estimate of drug-likeness (QED) is 0.436. The number of esters is 1. The van der Waals surface area contributed by atoms with Crippen LogP contribution in [-0.2, 0) is 19.1 Å². The summed E-state index contributed by atoms with van der Waals surface area (Å²) in [6.45, 7) is 8.56. The Balaban J connectivity index is 4.84. The molecule has 0 heterocycles. The van der Waals surface area contributed by atoms with E-state index in [0.717, 1.165) is 12.0 Å². The predicted octanol–water partition coefficient (Wildman–Crippen LogP) is 1.49. The van der Waals surface area contributed by atoms with Crippen molar-refractivity contribution in [2.75, 3.05) is 20.3 Å². The van der Waals surface area contributed by atoms with Crippen LogP contribution in [0.1, 0.15) is 41.0 Å². The smallest absolute Gasteiger partial charge is 0.308 e. The molecule has 0 bridgehead atoms. The number of ether oxygens (including phenoxy) is 1. The Morgan fingerprint density at radius 3 is 2.35 bits per heavy atom. The highest BCUT2D eigenvalue weighted by atomic mass is 16.5. The zero-order chi connectivity index (χ0) is 18.0. The molecule has 0 rings (SSSR count). The fraction of sp³-hybridized carbons (Fsp3) is 0.625. The minimum Gasteiger partial charge on any atom is -0.461 e. The molecule has 1 N–H and O–H groups in total. The number of hydrogen-bond donors (Lipinski definition) is 1. The lowest BCUT2D eigenvalue weighted by Crippen LogP contribution is -2.30. The summed E-state index contributed by atoms with van der Waals surface area (Å²) >= 11 is 0. The van der Waals surface area contributed by atoms with Crippen molar-refractivity contribution in [3.8, 4) is 0 Å². The Bertz CT molecular complexity index is 498. The third kappa shape index (κ3) is 9.44. The van der Waals surface area contributed by atoms with E-state index in [-0.39, 0.29) is 37.0 Å². The molecule has 0 spiro atoms. The van der Waals surface area contributed by atoms with E-state index in [1.807, 2.05) is 13.8 Å². The summed E-state index contributed by atoms with van der Waals surface area (Å²) in [5.74, 6) is -0.471. The molecular formula is C16H27N3O4. The van der Waals surface area contributed by atoms with E-state index < -0.39 is 0 Å². The normalized spacial score (nSPS) is 13.3. The first kappa shape index (κ1) is 20.8. The first-order chi connectivity index (χ1) is 10.7. The summed E-state index contributed by atoms with van der Waals surface area (Å²) in [7, 11) is 1.61. The molecule has 0 saturated carbocycles. The Morgan fingerprint density at radius 1 is 1.26 bits per heavy atom. The highest BCUT2D eigenvalue weighted by molar-refractivity contribution is 6.04. The molecule has 0 aromatic heterocycles. The summed E-state index contributed by atoms with van der Waals surface area (Å²) in [5.41, 5.74) is 0.736. The molecular weight excluding hydrogens is 298 g/mol. The van der Waals surface area contributed by atoms with Crippen molar-refractivity contribution >= 4 is 23.6 Å². The molecule has 0 saturated heterocycles. The molecule has 1 unspecified atom stereocenters. The maximum atomic E-state index is 11.6. The van der Waals surface area contributed by atoms with Crippen LogP contribution >= 0.6 is 0 Å². The summed E-state index contributed by atoms with van der Waals surface area (Å²) in [6, 6.07) is 0. The molecule has 7 heteroatoms. The number of carbonyl (C=O) groups excluding carboxylic acids is 3. The molecule has 0 aliphatic rings. The van der Waals surface area contributed by atoms with Gasteiger partial charge in [-0.3, -0.25) is 14.4 Å². The van der Waals surface area contributed by atoms with Gasteiger partial charge >= 0.3 is 5.97 Å². The lowest BCUT2D eigenvalue weighted by molar-refractivity contribution is -0.147. The highest BCUT2D eigenvalue weighted by Crippen LogP contribution is 2.05. The van der Waals surface area contributed by atoms with E-state index in [9.17, 15) is 14.4 Å². The van der Waals surface area contributed by atoms with Crippen LogP contribution in [0.4, 0.5) is 0 Å². The molecule has 7 nitrogen and oxygen atoms in total. The van der Waals surface area contributed by atoms with Gasteiger partial charge in [0.1, 0.15) is 19.1 Å². The van der Waals surface area contributed by atoms with Crippen LogP contribution in [0.3, 0.4) is 0 Å². The molecule has 23 heavy (non-hydrogen) atoms. The van der Waals surface area contributed by atoms with Crippen molar-refractivity contribution in [1.82, 2.24) is 10.2 Å². The van der Waals surface area contributed by atoms with Crippen molar-refractivity contribution in [1.29, 1.82) is 0 Å². The van der Waals surface area contributed by atoms with Gasteiger partial charge in [-0.05, 0) is 25.0 Å².